The lowest BCUT2D eigenvalue weighted by Crippen LogP contribution is -2.28. The number of ether oxygens (including phenoxy) is 1. The Morgan fingerprint density at radius 2 is 2.27 bits per heavy atom. The standard InChI is InChI=1S/C8H13NO2/c1-4-5-8(10)9(2)6-7-11-3/h6-7H2,1-3H3. The van der Waals surface area contributed by atoms with Crippen molar-refractivity contribution in [1.29, 1.82) is 0 Å². The number of amides is 1. The summed E-state index contributed by atoms with van der Waals surface area (Å²) in [6.45, 7) is 2.78. The fourth-order valence-corrected chi connectivity index (χ4v) is 0.532. The second kappa shape index (κ2) is 5.75. The highest BCUT2D eigenvalue weighted by atomic mass is 16.5. The summed E-state index contributed by atoms with van der Waals surface area (Å²) in [6, 6.07) is 0. The van der Waals surface area contributed by atoms with Gasteiger partial charge in [-0.15, -0.1) is 0 Å². The van der Waals surface area contributed by atoms with Crippen molar-refractivity contribution in [3.8, 4) is 11.8 Å². The Morgan fingerprint density at radius 1 is 1.64 bits per heavy atom. The van der Waals surface area contributed by atoms with Gasteiger partial charge in [-0.1, -0.05) is 5.92 Å². The summed E-state index contributed by atoms with van der Waals surface area (Å²) in [4.78, 5) is 12.5. The van der Waals surface area contributed by atoms with Gasteiger partial charge in [-0.3, -0.25) is 4.79 Å². The molecule has 3 nitrogen and oxygen atoms in total. The summed E-state index contributed by atoms with van der Waals surface area (Å²) in [6.07, 6.45) is 0. The van der Waals surface area contributed by atoms with E-state index in [2.05, 4.69) is 11.8 Å². The molecule has 0 bridgehead atoms. The van der Waals surface area contributed by atoms with E-state index < -0.39 is 0 Å². The van der Waals surface area contributed by atoms with E-state index in [0.717, 1.165) is 0 Å². The van der Waals surface area contributed by atoms with E-state index in [4.69, 9.17) is 4.74 Å². The lowest BCUT2D eigenvalue weighted by Gasteiger charge is -2.11. The molecule has 0 spiro atoms. The first kappa shape index (κ1) is 9.99. The monoisotopic (exact) mass is 155 g/mol. The minimum atomic E-state index is -0.162. The normalized spacial score (nSPS) is 8.27. The zero-order valence-corrected chi connectivity index (χ0v) is 7.18. The van der Waals surface area contributed by atoms with Gasteiger partial charge in [-0.25, -0.2) is 0 Å². The van der Waals surface area contributed by atoms with Gasteiger partial charge in [0.25, 0.3) is 5.91 Å². The molecule has 0 atom stereocenters. The highest BCUT2D eigenvalue weighted by molar-refractivity contribution is 5.93. The van der Waals surface area contributed by atoms with Crippen molar-refractivity contribution in [2.75, 3.05) is 27.3 Å². The van der Waals surface area contributed by atoms with Gasteiger partial charge in [0.05, 0.1) is 6.61 Å². The second-order valence-electron chi connectivity index (χ2n) is 2.09. The smallest absolute Gasteiger partial charge is 0.298 e. The molecule has 3 heteroatoms. The number of hydrogen-bond acceptors (Lipinski definition) is 2. The molecule has 0 fully saturated rings. The highest BCUT2D eigenvalue weighted by Gasteiger charge is 2.02. The Bertz CT molecular complexity index is 178. The van der Waals surface area contributed by atoms with Crippen LogP contribution in [0.1, 0.15) is 6.92 Å². The van der Waals surface area contributed by atoms with Crippen LogP contribution in [-0.2, 0) is 9.53 Å². The molecule has 0 aliphatic carbocycles. The van der Waals surface area contributed by atoms with Crippen molar-refractivity contribution in [1.82, 2.24) is 4.90 Å². The van der Waals surface area contributed by atoms with Crippen molar-refractivity contribution in [2.24, 2.45) is 0 Å². The predicted octanol–water partition coefficient (Wildman–Crippen LogP) is 0.115. The molecule has 0 radical (unpaired) electrons. The molecule has 0 unspecified atom stereocenters. The van der Waals surface area contributed by atoms with E-state index in [1.54, 1.807) is 21.1 Å². The van der Waals surface area contributed by atoms with E-state index in [1.807, 2.05) is 0 Å². The maximum Gasteiger partial charge on any atom is 0.298 e. The molecular weight excluding hydrogens is 142 g/mol. The van der Waals surface area contributed by atoms with Gasteiger partial charge in [0.15, 0.2) is 0 Å². The highest BCUT2D eigenvalue weighted by Crippen LogP contribution is 1.82. The molecule has 0 heterocycles. The predicted molar refractivity (Wildman–Crippen MR) is 43.0 cm³/mol. The Hall–Kier alpha value is -1.01. The van der Waals surface area contributed by atoms with E-state index in [9.17, 15) is 4.79 Å². The number of hydrogen-bond donors (Lipinski definition) is 0. The summed E-state index contributed by atoms with van der Waals surface area (Å²) >= 11 is 0. The van der Waals surface area contributed by atoms with Crippen LogP contribution >= 0.6 is 0 Å². The van der Waals surface area contributed by atoms with Gasteiger partial charge in [0, 0.05) is 20.7 Å². The summed E-state index contributed by atoms with van der Waals surface area (Å²) in [5.74, 6) is 4.82. The third kappa shape index (κ3) is 4.40. The van der Waals surface area contributed by atoms with Crippen LogP contribution < -0.4 is 0 Å². The largest absolute Gasteiger partial charge is 0.383 e. The first-order chi connectivity index (χ1) is 5.22. The summed E-state index contributed by atoms with van der Waals surface area (Å²) in [5, 5.41) is 0. The van der Waals surface area contributed by atoms with Gasteiger partial charge in [0.2, 0.25) is 0 Å². The third-order valence-corrected chi connectivity index (χ3v) is 1.21. The Balaban J connectivity index is 3.70. The molecule has 0 aliphatic rings. The van der Waals surface area contributed by atoms with E-state index in [-0.39, 0.29) is 5.91 Å². The molecule has 0 aromatic heterocycles. The molecule has 0 aromatic carbocycles. The van der Waals surface area contributed by atoms with E-state index in [1.165, 1.54) is 4.90 Å². The maximum atomic E-state index is 10.9. The molecule has 11 heavy (non-hydrogen) atoms. The van der Waals surface area contributed by atoms with Crippen LogP contribution in [0.25, 0.3) is 0 Å². The zero-order chi connectivity index (χ0) is 8.69. The van der Waals surface area contributed by atoms with E-state index in [0.29, 0.717) is 13.2 Å². The number of methoxy groups -OCH3 is 1. The van der Waals surface area contributed by atoms with Gasteiger partial charge in [0.1, 0.15) is 0 Å². The first-order valence-electron chi connectivity index (χ1n) is 3.39. The van der Waals surface area contributed by atoms with Crippen LogP contribution in [0.2, 0.25) is 0 Å². The first-order valence-corrected chi connectivity index (χ1v) is 3.39. The van der Waals surface area contributed by atoms with Crippen LogP contribution in [0, 0.1) is 11.8 Å². The number of likely N-dealkylation sites (N-methyl/N-ethyl adjacent to an activating group) is 1. The fraction of sp³-hybridized carbons (Fsp3) is 0.625. The van der Waals surface area contributed by atoms with Gasteiger partial charge in [-0.05, 0) is 12.8 Å². The molecule has 0 aliphatic heterocycles. The van der Waals surface area contributed by atoms with Crippen LogP contribution in [-0.4, -0.2) is 38.1 Å². The van der Waals surface area contributed by atoms with Crippen LogP contribution in [0.15, 0.2) is 0 Å². The molecular formula is C8H13NO2. The Labute approximate surface area is 67.3 Å². The number of carbonyl (C=O) groups is 1. The molecule has 0 N–H and O–H groups in total. The lowest BCUT2D eigenvalue weighted by atomic mass is 10.5. The zero-order valence-electron chi connectivity index (χ0n) is 7.18. The molecule has 62 valence electrons. The van der Waals surface area contributed by atoms with Gasteiger partial charge < -0.3 is 9.64 Å². The van der Waals surface area contributed by atoms with Crippen molar-refractivity contribution in [3.05, 3.63) is 0 Å². The van der Waals surface area contributed by atoms with Gasteiger partial charge >= 0.3 is 0 Å². The minimum Gasteiger partial charge on any atom is -0.383 e. The van der Waals surface area contributed by atoms with Crippen molar-refractivity contribution < 1.29 is 9.53 Å². The molecule has 0 aromatic rings. The maximum absolute atomic E-state index is 10.9. The number of carbonyl (C=O) groups excluding carboxylic acids is 1. The minimum absolute atomic E-state index is 0.162. The molecule has 0 saturated carbocycles. The SMILES string of the molecule is CC#CC(=O)N(C)CCOC. The average Bonchev–Trinajstić information content (AvgIpc) is 2.00. The van der Waals surface area contributed by atoms with Crippen molar-refractivity contribution in [2.45, 2.75) is 6.92 Å². The van der Waals surface area contributed by atoms with E-state index >= 15 is 0 Å². The molecule has 1 amide bonds. The molecule has 0 rings (SSSR count). The number of rotatable bonds is 3. The summed E-state index contributed by atoms with van der Waals surface area (Å²) in [5.41, 5.74) is 0. The van der Waals surface area contributed by atoms with Crippen LogP contribution in [0.3, 0.4) is 0 Å². The molecule has 0 saturated heterocycles. The fourth-order valence-electron chi connectivity index (χ4n) is 0.532. The topological polar surface area (TPSA) is 29.5 Å². The summed E-state index contributed by atoms with van der Waals surface area (Å²) < 4.78 is 4.80. The quantitative estimate of drug-likeness (QED) is 0.541. The van der Waals surface area contributed by atoms with Crippen LogP contribution in [0.5, 0.6) is 0 Å². The Kier molecular flexibility index (Phi) is 5.22. The second-order valence-corrected chi connectivity index (χ2v) is 2.09. The van der Waals surface area contributed by atoms with Crippen molar-refractivity contribution >= 4 is 5.91 Å². The third-order valence-electron chi connectivity index (χ3n) is 1.21. The van der Waals surface area contributed by atoms with Gasteiger partial charge in [-0.2, -0.15) is 0 Å². The Morgan fingerprint density at radius 3 is 2.73 bits per heavy atom. The lowest BCUT2D eigenvalue weighted by molar-refractivity contribution is -0.124. The number of nitrogens with zero attached hydrogens (tertiary/aromatic N) is 1. The van der Waals surface area contributed by atoms with Crippen LogP contribution in [0.4, 0.5) is 0 Å². The average molecular weight is 155 g/mol. The van der Waals surface area contributed by atoms with Crippen molar-refractivity contribution in [3.63, 3.8) is 0 Å². The summed E-state index contributed by atoms with van der Waals surface area (Å²) in [7, 11) is 3.30.